The van der Waals surface area contributed by atoms with E-state index in [1.165, 1.54) is 11.8 Å². The minimum Gasteiger partial charge on any atom is -0.272 e. The van der Waals surface area contributed by atoms with Crippen molar-refractivity contribution >= 4 is 27.0 Å². The fraction of sp³-hybridized carbons (Fsp3) is 0.600. The van der Waals surface area contributed by atoms with Gasteiger partial charge in [0.05, 0.1) is 12.3 Å². The number of aliphatic imine (C=N–C) groups is 1. The normalized spacial score (nSPS) is 12.2. The monoisotopic (exact) mass is 222 g/mol. The minimum atomic E-state index is -3.47. The van der Waals surface area contributed by atoms with Gasteiger partial charge in [-0.1, -0.05) is 11.8 Å². The van der Waals surface area contributed by atoms with E-state index in [0.29, 0.717) is 5.17 Å². The number of nitrogens with one attached hydrogen (secondary N) is 1. The third kappa shape index (κ3) is 7.58. The maximum atomic E-state index is 10.5. The van der Waals surface area contributed by atoms with E-state index >= 15 is 0 Å². The first kappa shape index (κ1) is 12.2. The number of hydrogen-bond donors (Lipinski definition) is 2. The number of amidine groups is 1. The Morgan fingerprint density at radius 2 is 2.38 bits per heavy atom. The van der Waals surface area contributed by atoms with Crippen molar-refractivity contribution < 1.29 is 8.42 Å². The molecule has 0 aliphatic carbocycles. The molecule has 0 aliphatic rings. The molecule has 0 aromatic rings. The van der Waals surface area contributed by atoms with Crippen LogP contribution in [-0.2, 0) is 10.0 Å². The highest BCUT2D eigenvalue weighted by Gasteiger charge is 2.01. The summed E-state index contributed by atoms with van der Waals surface area (Å²) in [4.78, 5) is 3.80. The number of nitriles is 1. The number of primary sulfonamides is 1. The molecule has 0 spiro atoms. The van der Waals surface area contributed by atoms with E-state index in [1.807, 2.05) is 0 Å². The van der Waals surface area contributed by atoms with Crippen LogP contribution >= 0.6 is 11.8 Å². The average Bonchev–Trinajstić information content (AvgIpc) is 2.01. The van der Waals surface area contributed by atoms with E-state index in [0.717, 1.165) is 0 Å². The van der Waals surface area contributed by atoms with Gasteiger partial charge in [-0.15, -0.1) is 0 Å². The van der Waals surface area contributed by atoms with Gasteiger partial charge in [0.15, 0.2) is 11.4 Å². The molecule has 0 aromatic heterocycles. The highest BCUT2D eigenvalue weighted by atomic mass is 32.2. The maximum Gasteiger partial charge on any atom is 0.210 e. The first-order valence-corrected chi connectivity index (χ1v) is 6.17. The van der Waals surface area contributed by atoms with Crippen LogP contribution in [0.1, 0.15) is 0 Å². The Morgan fingerprint density at radius 3 is 2.77 bits per heavy atom. The summed E-state index contributed by atoms with van der Waals surface area (Å²) in [7, 11) is -3.47. The molecule has 8 heteroatoms. The van der Waals surface area contributed by atoms with E-state index in [1.54, 1.807) is 12.4 Å². The van der Waals surface area contributed by atoms with Crippen LogP contribution < -0.4 is 10.5 Å². The Labute approximate surface area is 81.3 Å². The quantitative estimate of drug-likeness (QED) is 0.277. The van der Waals surface area contributed by atoms with Crippen molar-refractivity contribution in [2.75, 3.05) is 18.6 Å². The molecule has 13 heavy (non-hydrogen) atoms. The lowest BCUT2D eigenvalue weighted by atomic mass is 10.8. The second kappa shape index (κ2) is 5.80. The van der Waals surface area contributed by atoms with Crippen LogP contribution in [0.5, 0.6) is 0 Å². The molecule has 0 aromatic carbocycles. The standard InChI is InChI=1S/C5H10N4O2S2/c1-12-5(9-4-6)8-2-3-13(7,10)11/h2-3H2,1H3,(H,8,9)(H2,7,10,11). The van der Waals surface area contributed by atoms with Crippen LogP contribution in [0.25, 0.3) is 0 Å². The molecular formula is C5H10N4O2S2. The Bertz CT molecular complexity index is 316. The summed E-state index contributed by atoms with van der Waals surface area (Å²) in [5, 5.41) is 15.7. The number of nitrogens with zero attached hydrogens (tertiary/aromatic N) is 2. The van der Waals surface area contributed by atoms with Crippen molar-refractivity contribution in [2.45, 2.75) is 0 Å². The zero-order valence-corrected chi connectivity index (χ0v) is 8.65. The molecule has 74 valence electrons. The van der Waals surface area contributed by atoms with Gasteiger partial charge in [-0.2, -0.15) is 5.26 Å². The summed E-state index contributed by atoms with van der Waals surface area (Å²) < 4.78 is 21.0. The van der Waals surface area contributed by atoms with Crippen molar-refractivity contribution in [3.05, 3.63) is 0 Å². The van der Waals surface area contributed by atoms with Gasteiger partial charge >= 0.3 is 0 Å². The summed E-state index contributed by atoms with van der Waals surface area (Å²) >= 11 is 1.23. The zero-order chi connectivity index (χ0) is 10.3. The smallest absolute Gasteiger partial charge is 0.210 e. The number of hydrogen-bond acceptors (Lipinski definition) is 5. The summed E-state index contributed by atoms with van der Waals surface area (Å²) in [6, 6.07) is 0. The van der Waals surface area contributed by atoms with Gasteiger partial charge in [-0.25, -0.2) is 13.6 Å². The van der Waals surface area contributed by atoms with Crippen LogP contribution in [-0.4, -0.2) is 32.1 Å². The lowest BCUT2D eigenvalue weighted by Crippen LogP contribution is -2.20. The lowest BCUT2D eigenvalue weighted by Gasteiger charge is -1.98. The SMILES string of the molecule is CSC(=NCCS(N)(=O)=O)NC#N. The molecule has 0 heterocycles. The summed E-state index contributed by atoms with van der Waals surface area (Å²) in [6.07, 6.45) is 3.41. The van der Waals surface area contributed by atoms with Crippen molar-refractivity contribution in [2.24, 2.45) is 10.1 Å². The Balaban J connectivity index is 4.03. The molecule has 0 radical (unpaired) electrons. The Hall–Kier alpha value is -0.780. The van der Waals surface area contributed by atoms with Crippen molar-refractivity contribution in [3.63, 3.8) is 0 Å². The van der Waals surface area contributed by atoms with Gasteiger partial charge < -0.3 is 0 Å². The molecule has 0 fully saturated rings. The van der Waals surface area contributed by atoms with Crippen LogP contribution in [0.2, 0.25) is 0 Å². The highest BCUT2D eigenvalue weighted by Crippen LogP contribution is 1.94. The summed E-state index contributed by atoms with van der Waals surface area (Å²) in [6.45, 7) is 0.0592. The van der Waals surface area contributed by atoms with E-state index < -0.39 is 10.0 Å². The molecule has 0 saturated carbocycles. The topological polar surface area (TPSA) is 108 Å². The van der Waals surface area contributed by atoms with Crippen LogP contribution in [0.3, 0.4) is 0 Å². The second-order valence-corrected chi connectivity index (χ2v) is 4.52. The number of thioether (sulfide) groups is 1. The Kier molecular flexibility index (Phi) is 5.45. The molecular weight excluding hydrogens is 212 g/mol. The van der Waals surface area contributed by atoms with Crippen LogP contribution in [0, 0.1) is 11.5 Å². The molecule has 0 rings (SSSR count). The molecule has 3 N–H and O–H groups in total. The minimum absolute atomic E-state index is 0.0592. The van der Waals surface area contributed by atoms with Crippen LogP contribution in [0.15, 0.2) is 4.99 Å². The zero-order valence-electron chi connectivity index (χ0n) is 7.02. The molecule has 0 saturated heterocycles. The van der Waals surface area contributed by atoms with Crippen LogP contribution in [0.4, 0.5) is 0 Å². The summed E-state index contributed by atoms with van der Waals surface area (Å²) in [5.74, 6) is -0.218. The highest BCUT2D eigenvalue weighted by molar-refractivity contribution is 8.13. The van der Waals surface area contributed by atoms with Crippen molar-refractivity contribution in [3.8, 4) is 6.19 Å². The van der Waals surface area contributed by atoms with Gasteiger partial charge in [-0.05, 0) is 6.26 Å². The molecule has 0 bridgehead atoms. The van der Waals surface area contributed by atoms with Gasteiger partial charge in [0.2, 0.25) is 10.0 Å². The van der Waals surface area contributed by atoms with Gasteiger partial charge in [0, 0.05) is 0 Å². The average molecular weight is 222 g/mol. The van der Waals surface area contributed by atoms with E-state index in [4.69, 9.17) is 10.4 Å². The number of sulfonamides is 1. The third-order valence-electron chi connectivity index (χ3n) is 0.987. The summed E-state index contributed by atoms with van der Waals surface area (Å²) in [5.41, 5.74) is 0. The third-order valence-corrected chi connectivity index (χ3v) is 2.36. The Morgan fingerprint density at radius 1 is 1.77 bits per heavy atom. The predicted molar refractivity (Wildman–Crippen MR) is 52.5 cm³/mol. The molecule has 0 unspecified atom stereocenters. The second-order valence-electron chi connectivity index (χ2n) is 1.99. The largest absolute Gasteiger partial charge is 0.272 e. The van der Waals surface area contributed by atoms with E-state index in [9.17, 15) is 8.42 Å². The lowest BCUT2D eigenvalue weighted by molar-refractivity contribution is 0.597. The van der Waals surface area contributed by atoms with Gasteiger partial charge in [0.1, 0.15) is 0 Å². The maximum absolute atomic E-state index is 10.5. The van der Waals surface area contributed by atoms with Crippen molar-refractivity contribution in [1.82, 2.24) is 5.32 Å². The van der Waals surface area contributed by atoms with E-state index in [-0.39, 0.29) is 12.3 Å². The number of rotatable bonds is 3. The fourth-order valence-electron chi connectivity index (χ4n) is 0.477. The first-order valence-electron chi connectivity index (χ1n) is 3.23. The molecule has 0 amide bonds. The van der Waals surface area contributed by atoms with E-state index in [2.05, 4.69) is 10.3 Å². The van der Waals surface area contributed by atoms with Gasteiger partial charge in [-0.3, -0.25) is 10.3 Å². The molecule has 0 aliphatic heterocycles. The molecule has 6 nitrogen and oxygen atoms in total. The number of nitrogens with two attached hydrogens (primary N) is 1. The fourth-order valence-corrected chi connectivity index (χ4v) is 1.19. The van der Waals surface area contributed by atoms with Crippen molar-refractivity contribution in [1.29, 1.82) is 5.26 Å². The first-order chi connectivity index (χ1) is 5.99. The van der Waals surface area contributed by atoms with Gasteiger partial charge in [0.25, 0.3) is 0 Å². The predicted octanol–water partition coefficient (Wildman–Crippen LogP) is -0.935. The molecule has 0 atom stereocenters.